The second kappa shape index (κ2) is 5.90. The van der Waals surface area contributed by atoms with Gasteiger partial charge in [-0.1, -0.05) is 12.1 Å². The molecule has 7 nitrogen and oxygen atoms in total. The van der Waals surface area contributed by atoms with Crippen LogP contribution in [0.3, 0.4) is 0 Å². The molecule has 0 unspecified atom stereocenters. The number of rotatable bonds is 4. The summed E-state index contributed by atoms with van der Waals surface area (Å²) in [5, 5.41) is 7.56. The quantitative estimate of drug-likeness (QED) is 0.733. The van der Waals surface area contributed by atoms with Crippen molar-refractivity contribution in [3.63, 3.8) is 0 Å². The maximum atomic E-state index is 11.8. The van der Waals surface area contributed by atoms with Crippen molar-refractivity contribution in [2.45, 2.75) is 11.4 Å². The average Bonchev–Trinajstić information content (AvgIpc) is 2.45. The van der Waals surface area contributed by atoms with Gasteiger partial charge in [-0.3, -0.25) is 9.59 Å². The lowest BCUT2D eigenvalue weighted by Gasteiger charge is -2.05. The van der Waals surface area contributed by atoms with Gasteiger partial charge in [0.05, 0.1) is 4.90 Å². The van der Waals surface area contributed by atoms with E-state index >= 15 is 0 Å². The zero-order chi connectivity index (χ0) is 15.5. The van der Waals surface area contributed by atoms with Crippen LogP contribution in [0.2, 0.25) is 0 Å². The van der Waals surface area contributed by atoms with Gasteiger partial charge in [0.15, 0.2) is 5.43 Å². The van der Waals surface area contributed by atoms with Gasteiger partial charge in [0.25, 0.3) is 5.91 Å². The van der Waals surface area contributed by atoms with Crippen molar-refractivity contribution in [2.24, 2.45) is 5.14 Å². The largest absolute Gasteiger partial charge is 0.367 e. The van der Waals surface area contributed by atoms with Gasteiger partial charge in [-0.15, -0.1) is 0 Å². The Morgan fingerprint density at radius 1 is 1.19 bits per heavy atom. The first kappa shape index (κ1) is 14.9. The van der Waals surface area contributed by atoms with Gasteiger partial charge in [-0.05, 0) is 17.7 Å². The summed E-state index contributed by atoms with van der Waals surface area (Å²) in [5.41, 5.74) is 0.317. The number of amides is 1. The summed E-state index contributed by atoms with van der Waals surface area (Å²) in [6, 6.07) is 7.04. The van der Waals surface area contributed by atoms with Crippen molar-refractivity contribution in [1.82, 2.24) is 10.3 Å². The first-order valence-corrected chi connectivity index (χ1v) is 7.49. The van der Waals surface area contributed by atoms with Crippen molar-refractivity contribution in [3.8, 4) is 0 Å². The lowest BCUT2D eigenvalue weighted by Crippen LogP contribution is -2.28. The van der Waals surface area contributed by atoms with Gasteiger partial charge < -0.3 is 10.3 Å². The molecule has 0 aliphatic carbocycles. The fourth-order valence-corrected chi connectivity index (χ4v) is 2.18. The molecule has 0 aliphatic heterocycles. The first-order valence-electron chi connectivity index (χ1n) is 5.95. The molecular weight excluding hydrogens is 294 g/mol. The van der Waals surface area contributed by atoms with Gasteiger partial charge in [-0.2, -0.15) is 0 Å². The second-order valence-corrected chi connectivity index (χ2v) is 5.86. The Morgan fingerprint density at radius 3 is 2.43 bits per heavy atom. The Labute approximate surface area is 120 Å². The van der Waals surface area contributed by atoms with Gasteiger partial charge >= 0.3 is 0 Å². The third-order valence-corrected chi connectivity index (χ3v) is 3.70. The van der Waals surface area contributed by atoms with E-state index in [1.807, 2.05) is 0 Å². The second-order valence-electron chi connectivity index (χ2n) is 4.29. The van der Waals surface area contributed by atoms with Crippen LogP contribution in [-0.4, -0.2) is 19.3 Å². The van der Waals surface area contributed by atoms with Gasteiger partial charge in [0, 0.05) is 25.0 Å². The summed E-state index contributed by atoms with van der Waals surface area (Å²) in [6.07, 6.45) is 2.76. The third kappa shape index (κ3) is 3.77. The zero-order valence-corrected chi connectivity index (χ0v) is 11.7. The molecule has 0 fully saturated rings. The first-order chi connectivity index (χ1) is 9.88. The van der Waals surface area contributed by atoms with Crippen molar-refractivity contribution >= 4 is 15.9 Å². The van der Waals surface area contributed by atoms with Crippen LogP contribution in [0, 0.1) is 0 Å². The Balaban J connectivity index is 2.05. The van der Waals surface area contributed by atoms with Gasteiger partial charge in [-0.25, -0.2) is 13.6 Å². The maximum Gasteiger partial charge on any atom is 0.257 e. The topological polar surface area (TPSA) is 122 Å². The predicted octanol–water partition coefficient (Wildman–Crippen LogP) is -0.0477. The van der Waals surface area contributed by atoms with E-state index in [9.17, 15) is 18.0 Å². The van der Waals surface area contributed by atoms with Crippen molar-refractivity contribution in [2.75, 3.05) is 0 Å². The molecule has 1 heterocycles. The van der Waals surface area contributed by atoms with Crippen LogP contribution in [0.5, 0.6) is 0 Å². The fourth-order valence-electron chi connectivity index (χ4n) is 1.67. The number of sulfonamides is 1. The molecule has 8 heteroatoms. The number of hydrogen-bond donors (Lipinski definition) is 3. The average molecular weight is 307 g/mol. The van der Waals surface area contributed by atoms with Crippen LogP contribution >= 0.6 is 0 Å². The van der Waals surface area contributed by atoms with Crippen LogP contribution in [0.15, 0.2) is 52.4 Å². The Morgan fingerprint density at radius 2 is 1.86 bits per heavy atom. The molecule has 0 radical (unpaired) electrons. The minimum atomic E-state index is -3.73. The Hall–Kier alpha value is -2.45. The zero-order valence-electron chi connectivity index (χ0n) is 10.9. The molecule has 0 atom stereocenters. The molecule has 2 rings (SSSR count). The highest BCUT2D eigenvalue weighted by Gasteiger charge is 2.10. The van der Waals surface area contributed by atoms with E-state index in [1.54, 1.807) is 0 Å². The van der Waals surface area contributed by atoms with Crippen molar-refractivity contribution in [3.05, 3.63) is 64.1 Å². The maximum absolute atomic E-state index is 11.8. The summed E-state index contributed by atoms with van der Waals surface area (Å²) in [4.78, 5) is 25.9. The summed E-state index contributed by atoms with van der Waals surface area (Å²) in [6.45, 7) is 0.165. The number of benzene rings is 1. The number of nitrogens with two attached hydrogens (primary N) is 1. The number of hydrogen-bond acceptors (Lipinski definition) is 4. The molecule has 0 aliphatic rings. The van der Waals surface area contributed by atoms with Crippen LogP contribution in [0.4, 0.5) is 0 Å². The van der Waals surface area contributed by atoms with Gasteiger partial charge in [0.2, 0.25) is 10.0 Å². The molecule has 1 aromatic carbocycles. The number of nitrogens with one attached hydrogen (secondary N) is 2. The molecule has 1 aromatic heterocycles. The smallest absolute Gasteiger partial charge is 0.257 e. The van der Waals surface area contributed by atoms with E-state index in [1.165, 1.54) is 42.7 Å². The van der Waals surface area contributed by atoms with Crippen LogP contribution in [0.25, 0.3) is 0 Å². The summed E-state index contributed by atoms with van der Waals surface area (Å²) in [5.74, 6) is -0.507. The molecular formula is C13H13N3O4S. The highest BCUT2D eigenvalue weighted by atomic mass is 32.2. The molecule has 0 bridgehead atoms. The van der Waals surface area contributed by atoms with E-state index in [0.717, 1.165) is 0 Å². The number of aromatic nitrogens is 1. The number of carbonyl (C=O) groups excluding carboxylic acids is 1. The fraction of sp³-hybridized carbons (Fsp3) is 0.0769. The summed E-state index contributed by atoms with van der Waals surface area (Å²) >= 11 is 0. The number of H-pyrrole nitrogens is 1. The number of carbonyl (C=O) groups is 1. The van der Waals surface area contributed by atoms with E-state index in [4.69, 9.17) is 5.14 Å². The minimum absolute atomic E-state index is 0.00270. The monoisotopic (exact) mass is 307 g/mol. The summed E-state index contributed by atoms with van der Waals surface area (Å²) in [7, 11) is -3.73. The molecule has 0 saturated carbocycles. The third-order valence-electron chi connectivity index (χ3n) is 2.77. The molecule has 0 saturated heterocycles. The molecule has 2 aromatic rings. The number of aromatic amines is 1. The highest BCUT2D eigenvalue weighted by molar-refractivity contribution is 7.89. The normalized spacial score (nSPS) is 11.1. The summed E-state index contributed by atoms with van der Waals surface area (Å²) < 4.78 is 22.2. The molecule has 0 spiro atoms. The number of pyridine rings is 1. The Kier molecular flexibility index (Phi) is 4.20. The molecule has 1 amide bonds. The highest BCUT2D eigenvalue weighted by Crippen LogP contribution is 2.08. The molecule has 21 heavy (non-hydrogen) atoms. The SMILES string of the molecule is NS(=O)(=O)c1ccc(CNC(=O)c2c[nH]ccc2=O)cc1. The molecule has 110 valence electrons. The standard InChI is InChI=1S/C13H13N3O4S/c14-21(19,20)10-3-1-9(2-4-10)7-16-13(18)11-8-15-6-5-12(11)17/h1-6,8H,7H2,(H,15,17)(H,16,18)(H2,14,19,20). The van der Waals surface area contributed by atoms with Crippen molar-refractivity contribution in [1.29, 1.82) is 0 Å². The van der Waals surface area contributed by atoms with E-state index in [2.05, 4.69) is 10.3 Å². The van der Waals surface area contributed by atoms with Crippen molar-refractivity contribution < 1.29 is 13.2 Å². The lowest BCUT2D eigenvalue weighted by atomic mass is 10.2. The van der Waals surface area contributed by atoms with Crippen LogP contribution in [-0.2, 0) is 16.6 Å². The predicted molar refractivity (Wildman–Crippen MR) is 76.0 cm³/mol. The van der Waals surface area contributed by atoms with E-state index < -0.39 is 15.9 Å². The van der Waals surface area contributed by atoms with E-state index in [0.29, 0.717) is 5.56 Å². The number of primary sulfonamides is 1. The Bertz CT molecular complexity index is 810. The van der Waals surface area contributed by atoms with E-state index in [-0.39, 0.29) is 22.4 Å². The van der Waals surface area contributed by atoms with Crippen LogP contribution in [0.1, 0.15) is 15.9 Å². The minimum Gasteiger partial charge on any atom is -0.367 e. The lowest BCUT2D eigenvalue weighted by molar-refractivity contribution is 0.0949. The van der Waals surface area contributed by atoms with Crippen LogP contribution < -0.4 is 15.9 Å². The molecule has 4 N–H and O–H groups in total. The van der Waals surface area contributed by atoms with Gasteiger partial charge in [0.1, 0.15) is 5.56 Å².